The molecule has 1 amide bonds. The van der Waals surface area contributed by atoms with Gasteiger partial charge >= 0.3 is 0 Å². The highest BCUT2D eigenvalue weighted by Gasteiger charge is 2.51. The summed E-state index contributed by atoms with van der Waals surface area (Å²) in [5, 5.41) is 0. The van der Waals surface area contributed by atoms with Crippen LogP contribution in [-0.4, -0.2) is 5.91 Å². The molecule has 0 radical (unpaired) electrons. The molecule has 0 aromatic heterocycles. The third-order valence-electron chi connectivity index (χ3n) is 5.36. The van der Waals surface area contributed by atoms with Crippen molar-refractivity contribution in [3.8, 4) is 12.3 Å². The van der Waals surface area contributed by atoms with E-state index in [2.05, 4.69) is 24.1 Å². The number of fused-ring (bicyclic) bond motifs is 1. The van der Waals surface area contributed by atoms with E-state index in [0.29, 0.717) is 19.4 Å². The first-order valence-corrected chi connectivity index (χ1v) is 9.22. The van der Waals surface area contributed by atoms with Gasteiger partial charge in [-0.15, -0.1) is 12.3 Å². The van der Waals surface area contributed by atoms with Crippen LogP contribution in [0.5, 0.6) is 0 Å². The largest absolute Gasteiger partial charge is 0.307 e. The van der Waals surface area contributed by atoms with Gasteiger partial charge in [0, 0.05) is 12.1 Å². The molecule has 0 N–H and O–H groups in total. The van der Waals surface area contributed by atoms with Crippen LogP contribution in [0.1, 0.15) is 29.5 Å². The van der Waals surface area contributed by atoms with Crippen LogP contribution in [-0.2, 0) is 16.8 Å². The van der Waals surface area contributed by atoms with E-state index < -0.39 is 5.41 Å². The van der Waals surface area contributed by atoms with Gasteiger partial charge in [-0.25, -0.2) is 0 Å². The number of amides is 1. The zero-order valence-corrected chi connectivity index (χ0v) is 15.1. The van der Waals surface area contributed by atoms with E-state index in [1.54, 1.807) is 0 Å². The molecular weight excluding hydrogens is 330 g/mol. The number of hydrogen-bond donors (Lipinski definition) is 0. The predicted octanol–water partition coefficient (Wildman–Crippen LogP) is 4.93. The third kappa shape index (κ3) is 2.82. The minimum Gasteiger partial charge on any atom is -0.307 e. The molecule has 0 bridgehead atoms. The highest BCUT2D eigenvalue weighted by molar-refractivity contribution is 6.10. The lowest BCUT2D eigenvalue weighted by molar-refractivity contribution is -0.122. The molecule has 0 spiro atoms. The molecule has 1 unspecified atom stereocenters. The lowest BCUT2D eigenvalue weighted by Gasteiger charge is -2.29. The fourth-order valence-corrected chi connectivity index (χ4v) is 4.10. The summed E-state index contributed by atoms with van der Waals surface area (Å²) in [6.07, 6.45) is 6.75. The van der Waals surface area contributed by atoms with E-state index >= 15 is 0 Å². The first-order chi connectivity index (χ1) is 13.3. The Kier molecular flexibility index (Phi) is 4.52. The monoisotopic (exact) mass is 351 g/mol. The van der Waals surface area contributed by atoms with Gasteiger partial charge in [0.05, 0.1) is 6.54 Å². The molecule has 0 saturated carbocycles. The van der Waals surface area contributed by atoms with E-state index in [1.807, 2.05) is 71.6 Å². The summed E-state index contributed by atoms with van der Waals surface area (Å²) in [5.41, 5.74) is 3.42. The van der Waals surface area contributed by atoms with Crippen LogP contribution >= 0.6 is 0 Å². The summed E-state index contributed by atoms with van der Waals surface area (Å²) in [5.74, 6) is 2.84. The van der Waals surface area contributed by atoms with E-state index in [1.165, 1.54) is 0 Å². The quantitative estimate of drug-likeness (QED) is 0.597. The number of nitrogens with zero attached hydrogens (tertiary/aromatic N) is 1. The maximum absolute atomic E-state index is 13.9. The van der Waals surface area contributed by atoms with Crippen molar-refractivity contribution < 1.29 is 4.79 Å². The lowest BCUT2D eigenvalue weighted by Crippen LogP contribution is -2.41. The second-order valence-corrected chi connectivity index (χ2v) is 6.87. The predicted molar refractivity (Wildman–Crippen MR) is 109 cm³/mol. The van der Waals surface area contributed by atoms with E-state index in [-0.39, 0.29) is 5.91 Å². The lowest BCUT2D eigenvalue weighted by atomic mass is 9.72. The normalized spacial score (nSPS) is 18.2. The smallest absolute Gasteiger partial charge is 0.242 e. The first kappa shape index (κ1) is 17.1. The molecule has 2 heteroatoms. The first-order valence-electron chi connectivity index (χ1n) is 9.22. The number of para-hydroxylation sites is 1. The van der Waals surface area contributed by atoms with Gasteiger partial charge in [-0.1, -0.05) is 78.9 Å². The molecule has 1 heterocycles. The summed E-state index contributed by atoms with van der Waals surface area (Å²) in [6.45, 7) is 0.557. The zero-order valence-electron chi connectivity index (χ0n) is 15.1. The second-order valence-electron chi connectivity index (χ2n) is 6.87. The van der Waals surface area contributed by atoms with Crippen molar-refractivity contribution in [2.45, 2.75) is 24.8 Å². The minimum atomic E-state index is -0.723. The summed E-state index contributed by atoms with van der Waals surface area (Å²) in [6, 6.07) is 28.3. The molecule has 3 aromatic rings. The van der Waals surface area contributed by atoms with Gasteiger partial charge in [0.1, 0.15) is 5.41 Å². The Labute approximate surface area is 160 Å². The number of carbonyl (C=O) groups excluding carboxylic acids is 1. The number of hydrogen-bond acceptors (Lipinski definition) is 1. The van der Waals surface area contributed by atoms with Gasteiger partial charge in [0.15, 0.2) is 0 Å². The van der Waals surface area contributed by atoms with Crippen LogP contribution in [0.15, 0.2) is 84.9 Å². The zero-order chi connectivity index (χ0) is 18.7. The van der Waals surface area contributed by atoms with Gasteiger partial charge < -0.3 is 4.90 Å². The third-order valence-corrected chi connectivity index (χ3v) is 5.36. The molecule has 1 aliphatic heterocycles. The molecule has 3 aromatic carbocycles. The van der Waals surface area contributed by atoms with Crippen molar-refractivity contribution in [3.05, 3.63) is 102 Å². The Morgan fingerprint density at radius 1 is 0.852 bits per heavy atom. The summed E-state index contributed by atoms with van der Waals surface area (Å²) >= 11 is 0. The highest BCUT2D eigenvalue weighted by Crippen LogP contribution is 2.49. The van der Waals surface area contributed by atoms with Gasteiger partial charge in [-0.05, 0) is 29.2 Å². The summed E-state index contributed by atoms with van der Waals surface area (Å²) in [7, 11) is 0. The molecule has 4 rings (SSSR count). The van der Waals surface area contributed by atoms with Crippen LogP contribution in [0.4, 0.5) is 5.69 Å². The number of rotatable bonds is 5. The van der Waals surface area contributed by atoms with Crippen molar-refractivity contribution in [2.75, 3.05) is 4.90 Å². The Bertz CT molecular complexity index is 988. The molecule has 2 nitrogen and oxygen atoms in total. The Morgan fingerprint density at radius 3 is 2.19 bits per heavy atom. The molecule has 0 saturated heterocycles. The molecular formula is C25H21NO. The van der Waals surface area contributed by atoms with Crippen LogP contribution in [0, 0.1) is 12.3 Å². The molecule has 1 atom stereocenters. The maximum atomic E-state index is 13.9. The fraction of sp³-hybridized carbons (Fsp3) is 0.160. The van der Waals surface area contributed by atoms with Gasteiger partial charge in [0.2, 0.25) is 5.91 Å². The van der Waals surface area contributed by atoms with Crippen molar-refractivity contribution in [1.29, 1.82) is 0 Å². The minimum absolute atomic E-state index is 0.106. The highest BCUT2D eigenvalue weighted by atomic mass is 16.2. The van der Waals surface area contributed by atoms with E-state index in [9.17, 15) is 4.79 Å². The average Bonchev–Trinajstić information content (AvgIpc) is 2.97. The summed E-state index contributed by atoms with van der Waals surface area (Å²) < 4.78 is 0. The summed E-state index contributed by atoms with van der Waals surface area (Å²) in [4.78, 5) is 15.8. The Balaban J connectivity index is 1.87. The van der Waals surface area contributed by atoms with Crippen molar-refractivity contribution in [3.63, 3.8) is 0 Å². The van der Waals surface area contributed by atoms with Gasteiger partial charge in [0.25, 0.3) is 0 Å². The van der Waals surface area contributed by atoms with Crippen LogP contribution < -0.4 is 4.90 Å². The molecule has 27 heavy (non-hydrogen) atoms. The van der Waals surface area contributed by atoms with E-state index in [0.717, 1.165) is 22.4 Å². The van der Waals surface area contributed by atoms with Crippen molar-refractivity contribution >= 4 is 11.6 Å². The number of terminal acetylenes is 1. The average molecular weight is 351 g/mol. The maximum Gasteiger partial charge on any atom is 0.242 e. The molecule has 0 aliphatic carbocycles. The Morgan fingerprint density at radius 2 is 1.48 bits per heavy atom. The van der Waals surface area contributed by atoms with Crippen LogP contribution in [0.25, 0.3) is 0 Å². The molecule has 132 valence electrons. The standard InChI is InChI=1S/C25H21NO/c1-2-3-18-25(21-14-8-5-9-15-21)22-16-10-11-17-23(22)26(24(25)27)19-20-12-6-4-7-13-20/h1,4-17H,3,18-19H2. The van der Waals surface area contributed by atoms with Crippen molar-refractivity contribution in [1.82, 2.24) is 0 Å². The fourth-order valence-electron chi connectivity index (χ4n) is 4.10. The van der Waals surface area contributed by atoms with Crippen LogP contribution in [0.2, 0.25) is 0 Å². The second kappa shape index (κ2) is 7.13. The van der Waals surface area contributed by atoms with Gasteiger partial charge in [-0.3, -0.25) is 4.79 Å². The number of carbonyl (C=O) groups is 1. The molecule has 0 fully saturated rings. The van der Waals surface area contributed by atoms with Crippen LogP contribution in [0.3, 0.4) is 0 Å². The molecule has 1 aliphatic rings. The van der Waals surface area contributed by atoms with Gasteiger partial charge in [-0.2, -0.15) is 0 Å². The van der Waals surface area contributed by atoms with Crippen molar-refractivity contribution in [2.24, 2.45) is 0 Å². The SMILES string of the molecule is C#CCCC1(c2ccccc2)C(=O)N(Cc2ccccc2)c2ccccc21. The number of anilines is 1. The number of benzene rings is 3. The topological polar surface area (TPSA) is 20.3 Å². The van der Waals surface area contributed by atoms with E-state index in [4.69, 9.17) is 6.42 Å². The Hall–Kier alpha value is -3.31.